The van der Waals surface area contributed by atoms with Gasteiger partial charge in [-0.15, -0.1) is 0 Å². The lowest BCUT2D eigenvalue weighted by Gasteiger charge is -2.41. The molecule has 0 unspecified atom stereocenters. The Hall–Kier alpha value is -2.95. The lowest BCUT2D eigenvalue weighted by atomic mass is 9.91. The number of aryl methyl sites for hydroxylation is 1. The minimum atomic E-state index is -3.69. The minimum absolute atomic E-state index is 0.0244. The number of benzene rings is 3. The summed E-state index contributed by atoms with van der Waals surface area (Å²) in [5.41, 5.74) is 3.70. The normalized spacial score (nSPS) is 27.2. The molecule has 38 heavy (non-hydrogen) atoms. The summed E-state index contributed by atoms with van der Waals surface area (Å²) in [4.78, 5) is 0.385. The molecule has 5 atom stereocenters. The molecule has 200 valence electrons. The van der Waals surface area contributed by atoms with Crippen LogP contribution in [0.4, 0.5) is 0 Å². The van der Waals surface area contributed by atoms with Gasteiger partial charge in [-0.25, -0.2) is 8.42 Å². The van der Waals surface area contributed by atoms with Gasteiger partial charge in [0.1, 0.15) is 36.4 Å². The first-order chi connectivity index (χ1) is 18.4. The number of fused-ring (bicyclic) bond motifs is 4. The third-order valence-corrected chi connectivity index (χ3v) is 9.47. The standard InChI is InChI=1S/C29H30O8S/c1-34-29-28(36-18-13-14-21-20-10-4-5-12-24(20)38(32,33)25(21)15-18)27(31)26(30)23(37-29)16-35-22-11-6-8-17-7-2-3-9-19(17)22/h4-6,8,10-15,23,26-31H,2-3,7,9,16H2,1H3/t23-,26-,27+,28-,29+/m1/s1. The first-order valence-electron chi connectivity index (χ1n) is 12.8. The highest BCUT2D eigenvalue weighted by Gasteiger charge is 2.47. The molecule has 0 spiro atoms. The molecule has 0 aromatic heterocycles. The zero-order valence-electron chi connectivity index (χ0n) is 20.9. The van der Waals surface area contributed by atoms with Gasteiger partial charge >= 0.3 is 0 Å². The largest absolute Gasteiger partial charge is 0.490 e. The molecule has 9 heteroatoms. The van der Waals surface area contributed by atoms with Gasteiger partial charge in [0, 0.05) is 18.2 Å². The van der Waals surface area contributed by atoms with E-state index in [0.717, 1.165) is 31.4 Å². The number of hydrogen-bond donors (Lipinski definition) is 2. The Kier molecular flexibility index (Phi) is 6.65. The summed E-state index contributed by atoms with van der Waals surface area (Å²) in [5.74, 6) is 0.979. The molecule has 0 bridgehead atoms. The fourth-order valence-corrected chi connectivity index (χ4v) is 7.33. The molecular formula is C29H30O8S. The number of sulfone groups is 1. The van der Waals surface area contributed by atoms with Crippen molar-refractivity contribution in [1.29, 1.82) is 0 Å². The van der Waals surface area contributed by atoms with Crippen molar-refractivity contribution in [1.82, 2.24) is 0 Å². The second-order valence-corrected chi connectivity index (χ2v) is 11.8. The second kappa shape index (κ2) is 9.98. The van der Waals surface area contributed by atoms with Crippen LogP contribution in [-0.4, -0.2) is 63.1 Å². The van der Waals surface area contributed by atoms with Crippen molar-refractivity contribution < 1.29 is 37.6 Å². The zero-order valence-corrected chi connectivity index (χ0v) is 21.8. The lowest BCUT2D eigenvalue weighted by molar-refractivity contribution is -0.287. The number of ether oxygens (including phenoxy) is 4. The average molecular weight is 539 g/mol. The van der Waals surface area contributed by atoms with Crippen molar-refractivity contribution in [2.75, 3.05) is 13.7 Å². The lowest BCUT2D eigenvalue weighted by Crippen LogP contribution is -2.61. The summed E-state index contributed by atoms with van der Waals surface area (Å²) in [6.07, 6.45) is -1.42. The molecule has 2 heterocycles. The van der Waals surface area contributed by atoms with Crippen LogP contribution in [0.5, 0.6) is 11.5 Å². The SMILES string of the molecule is CO[C@H]1O[C@H](COc2cccc3c2CCCC3)[C@@H](O)[C@H](O)[C@H]1Oc1ccc2c(c1)S(=O)(=O)c1ccccc1-2. The quantitative estimate of drug-likeness (QED) is 0.385. The van der Waals surface area contributed by atoms with Gasteiger partial charge in [0.2, 0.25) is 9.84 Å². The highest BCUT2D eigenvalue weighted by atomic mass is 32.2. The van der Waals surface area contributed by atoms with E-state index in [0.29, 0.717) is 11.1 Å². The van der Waals surface area contributed by atoms with Crippen LogP contribution in [-0.2, 0) is 32.2 Å². The molecule has 8 nitrogen and oxygen atoms in total. The van der Waals surface area contributed by atoms with E-state index in [4.69, 9.17) is 18.9 Å². The number of aliphatic hydroxyl groups excluding tert-OH is 2. The van der Waals surface area contributed by atoms with E-state index in [2.05, 4.69) is 6.07 Å². The predicted octanol–water partition coefficient (Wildman–Crippen LogP) is 3.30. The maximum absolute atomic E-state index is 13.1. The van der Waals surface area contributed by atoms with E-state index in [1.54, 1.807) is 36.4 Å². The van der Waals surface area contributed by atoms with Crippen LogP contribution in [0.15, 0.2) is 70.5 Å². The summed E-state index contributed by atoms with van der Waals surface area (Å²) in [5, 5.41) is 21.9. The molecule has 0 saturated carbocycles. The molecule has 1 fully saturated rings. The van der Waals surface area contributed by atoms with E-state index in [1.165, 1.54) is 24.3 Å². The van der Waals surface area contributed by atoms with E-state index in [-0.39, 0.29) is 22.1 Å². The molecule has 1 saturated heterocycles. The molecule has 3 aromatic carbocycles. The van der Waals surface area contributed by atoms with Gasteiger partial charge in [-0.1, -0.05) is 30.3 Å². The second-order valence-electron chi connectivity index (χ2n) is 9.91. The summed E-state index contributed by atoms with van der Waals surface area (Å²) >= 11 is 0. The highest BCUT2D eigenvalue weighted by Crippen LogP contribution is 2.44. The molecule has 1 aliphatic carbocycles. The van der Waals surface area contributed by atoms with Crippen LogP contribution < -0.4 is 9.47 Å². The van der Waals surface area contributed by atoms with Crippen molar-refractivity contribution in [2.24, 2.45) is 0 Å². The Morgan fingerprint density at radius 3 is 2.55 bits per heavy atom. The van der Waals surface area contributed by atoms with Crippen LogP contribution >= 0.6 is 0 Å². The van der Waals surface area contributed by atoms with Gasteiger partial charge in [0.05, 0.1) is 9.79 Å². The predicted molar refractivity (Wildman–Crippen MR) is 138 cm³/mol. The van der Waals surface area contributed by atoms with Crippen LogP contribution in [0.3, 0.4) is 0 Å². The number of rotatable bonds is 6. The van der Waals surface area contributed by atoms with Gasteiger partial charge in [-0.05, 0) is 67.1 Å². The van der Waals surface area contributed by atoms with Gasteiger partial charge < -0.3 is 29.2 Å². The van der Waals surface area contributed by atoms with Crippen molar-refractivity contribution in [3.8, 4) is 22.6 Å². The van der Waals surface area contributed by atoms with E-state index in [1.807, 2.05) is 12.1 Å². The first kappa shape index (κ1) is 25.3. The Balaban J connectivity index is 1.18. The van der Waals surface area contributed by atoms with Gasteiger partial charge in [-0.2, -0.15) is 0 Å². The molecular weight excluding hydrogens is 508 g/mol. The third-order valence-electron chi connectivity index (χ3n) is 7.61. The highest BCUT2D eigenvalue weighted by molar-refractivity contribution is 7.92. The van der Waals surface area contributed by atoms with Crippen molar-refractivity contribution in [3.63, 3.8) is 0 Å². The van der Waals surface area contributed by atoms with Gasteiger partial charge in [0.25, 0.3) is 0 Å². The van der Waals surface area contributed by atoms with E-state index >= 15 is 0 Å². The fourth-order valence-electron chi connectivity index (χ4n) is 5.63. The minimum Gasteiger partial charge on any atom is -0.490 e. The summed E-state index contributed by atoms with van der Waals surface area (Å²) in [7, 11) is -2.27. The van der Waals surface area contributed by atoms with Gasteiger partial charge in [-0.3, -0.25) is 0 Å². The maximum atomic E-state index is 13.1. The molecule has 2 N–H and O–H groups in total. The maximum Gasteiger partial charge on any atom is 0.207 e. The van der Waals surface area contributed by atoms with Crippen LogP contribution in [0, 0.1) is 0 Å². The first-order valence-corrected chi connectivity index (χ1v) is 14.3. The Morgan fingerprint density at radius 2 is 1.71 bits per heavy atom. The summed E-state index contributed by atoms with van der Waals surface area (Å²) < 4.78 is 49.6. The molecule has 0 radical (unpaired) electrons. The van der Waals surface area contributed by atoms with Crippen LogP contribution in [0.2, 0.25) is 0 Å². The van der Waals surface area contributed by atoms with Crippen molar-refractivity contribution in [2.45, 2.75) is 66.2 Å². The average Bonchev–Trinajstić information content (AvgIpc) is 3.17. The van der Waals surface area contributed by atoms with Crippen molar-refractivity contribution >= 4 is 9.84 Å². The van der Waals surface area contributed by atoms with E-state index in [9.17, 15) is 18.6 Å². The van der Waals surface area contributed by atoms with Crippen LogP contribution in [0.1, 0.15) is 24.0 Å². The Morgan fingerprint density at radius 1 is 0.921 bits per heavy atom. The number of hydrogen-bond acceptors (Lipinski definition) is 8. The molecule has 2 aliphatic heterocycles. The fraction of sp³-hybridized carbons (Fsp3) is 0.379. The Labute approximate surface area is 221 Å². The summed E-state index contributed by atoms with van der Waals surface area (Å²) in [6, 6.07) is 17.6. The third kappa shape index (κ3) is 4.28. The topological polar surface area (TPSA) is 112 Å². The summed E-state index contributed by atoms with van der Waals surface area (Å²) in [6.45, 7) is 0.0244. The van der Waals surface area contributed by atoms with Crippen LogP contribution in [0.25, 0.3) is 11.1 Å². The molecule has 6 rings (SSSR count). The smallest absolute Gasteiger partial charge is 0.207 e. The molecule has 3 aromatic rings. The number of aliphatic hydroxyl groups is 2. The molecule has 0 amide bonds. The monoisotopic (exact) mass is 538 g/mol. The molecule has 3 aliphatic rings. The van der Waals surface area contributed by atoms with Crippen molar-refractivity contribution in [3.05, 3.63) is 71.8 Å². The zero-order chi connectivity index (χ0) is 26.4. The van der Waals surface area contributed by atoms with Gasteiger partial charge in [0.15, 0.2) is 12.4 Å². The van der Waals surface area contributed by atoms with E-state index < -0.39 is 40.5 Å². The Bertz CT molecular complexity index is 1450. The number of methoxy groups -OCH3 is 1.